The number of pyridine rings is 1. The van der Waals surface area contributed by atoms with E-state index in [9.17, 15) is 4.79 Å². The molecule has 4 aromatic rings. The quantitative estimate of drug-likeness (QED) is 0.462. The molecule has 3 aromatic heterocycles. The molecule has 0 saturated heterocycles. The first-order valence-corrected chi connectivity index (χ1v) is 10.8. The molecule has 31 heavy (non-hydrogen) atoms. The Labute approximate surface area is 189 Å². The summed E-state index contributed by atoms with van der Waals surface area (Å²) in [7, 11) is 1.85. The SMILES string of the molecule is Cc1nn(C)c2nc(C3CC3)cc(C(=O)Nc3ccnn3Cc3ccc(Cl)cc3Cl)c12. The summed E-state index contributed by atoms with van der Waals surface area (Å²) in [6.07, 6.45) is 3.85. The molecule has 1 aromatic carbocycles. The van der Waals surface area contributed by atoms with Gasteiger partial charge in [-0.15, -0.1) is 0 Å². The number of benzene rings is 1. The van der Waals surface area contributed by atoms with Crippen LogP contribution in [0.15, 0.2) is 36.5 Å². The fourth-order valence-electron chi connectivity index (χ4n) is 3.79. The van der Waals surface area contributed by atoms with Crippen LogP contribution >= 0.6 is 23.2 Å². The highest BCUT2D eigenvalue weighted by atomic mass is 35.5. The van der Waals surface area contributed by atoms with Crippen molar-refractivity contribution in [3.05, 3.63) is 69.1 Å². The smallest absolute Gasteiger partial charge is 0.257 e. The van der Waals surface area contributed by atoms with Gasteiger partial charge in [-0.3, -0.25) is 9.48 Å². The lowest BCUT2D eigenvalue weighted by molar-refractivity contribution is 0.102. The number of rotatable bonds is 5. The molecule has 0 spiro atoms. The third kappa shape index (κ3) is 3.79. The number of hydrogen-bond acceptors (Lipinski definition) is 4. The first-order chi connectivity index (χ1) is 14.9. The summed E-state index contributed by atoms with van der Waals surface area (Å²) in [5.41, 5.74) is 3.89. The zero-order chi connectivity index (χ0) is 21.7. The van der Waals surface area contributed by atoms with Crippen molar-refractivity contribution < 1.29 is 4.79 Å². The minimum Gasteiger partial charge on any atom is -0.307 e. The number of hydrogen-bond donors (Lipinski definition) is 1. The van der Waals surface area contributed by atoms with Crippen LogP contribution < -0.4 is 5.32 Å². The average Bonchev–Trinajstić information content (AvgIpc) is 3.43. The molecule has 7 nitrogen and oxygen atoms in total. The van der Waals surface area contributed by atoms with Crippen LogP contribution in [0, 0.1) is 6.92 Å². The second kappa shape index (κ2) is 7.66. The van der Waals surface area contributed by atoms with Gasteiger partial charge in [-0.05, 0) is 43.5 Å². The number of fused-ring (bicyclic) bond motifs is 1. The number of aromatic nitrogens is 5. The molecule has 1 N–H and O–H groups in total. The Bertz CT molecular complexity index is 1320. The maximum Gasteiger partial charge on any atom is 0.257 e. The minimum absolute atomic E-state index is 0.214. The predicted molar refractivity (Wildman–Crippen MR) is 121 cm³/mol. The Morgan fingerprint density at radius 1 is 1.23 bits per heavy atom. The van der Waals surface area contributed by atoms with Gasteiger partial charge in [-0.25, -0.2) is 9.67 Å². The molecule has 0 atom stereocenters. The Morgan fingerprint density at radius 2 is 2.03 bits per heavy atom. The zero-order valence-electron chi connectivity index (χ0n) is 17.1. The number of carbonyl (C=O) groups is 1. The second-order valence-electron chi connectivity index (χ2n) is 7.84. The van der Waals surface area contributed by atoms with Gasteiger partial charge < -0.3 is 5.32 Å². The molecule has 1 aliphatic carbocycles. The van der Waals surface area contributed by atoms with Crippen LogP contribution in [0.3, 0.4) is 0 Å². The molecular formula is C22H20Cl2N6O. The Balaban J connectivity index is 1.48. The standard InChI is InChI=1S/C22H20Cl2N6O/c1-12-20-16(10-18(13-3-4-13)26-21(20)29(2)28-12)22(31)27-19-7-8-25-30(19)11-14-5-6-15(23)9-17(14)24/h5-10,13H,3-4,11H2,1-2H3,(H,27,31). The molecule has 1 aliphatic rings. The molecule has 9 heteroatoms. The van der Waals surface area contributed by atoms with Crippen LogP contribution in [0.5, 0.6) is 0 Å². The molecular weight excluding hydrogens is 435 g/mol. The third-order valence-corrected chi connectivity index (χ3v) is 6.11. The summed E-state index contributed by atoms with van der Waals surface area (Å²) < 4.78 is 3.43. The summed E-state index contributed by atoms with van der Waals surface area (Å²) in [6, 6.07) is 8.99. The van der Waals surface area contributed by atoms with E-state index in [-0.39, 0.29) is 5.91 Å². The van der Waals surface area contributed by atoms with Crippen LogP contribution in [-0.4, -0.2) is 30.5 Å². The van der Waals surface area contributed by atoms with E-state index in [1.54, 1.807) is 33.8 Å². The highest BCUT2D eigenvalue weighted by Crippen LogP contribution is 2.40. The van der Waals surface area contributed by atoms with Crippen LogP contribution in [0.4, 0.5) is 5.82 Å². The second-order valence-corrected chi connectivity index (χ2v) is 8.68. The summed E-state index contributed by atoms with van der Waals surface area (Å²) in [5.74, 6) is 0.786. The van der Waals surface area contributed by atoms with Gasteiger partial charge in [0.1, 0.15) is 5.82 Å². The molecule has 1 saturated carbocycles. The lowest BCUT2D eigenvalue weighted by Crippen LogP contribution is -2.17. The molecule has 158 valence electrons. The fourth-order valence-corrected chi connectivity index (χ4v) is 4.26. The lowest BCUT2D eigenvalue weighted by Gasteiger charge is -2.12. The monoisotopic (exact) mass is 454 g/mol. The van der Waals surface area contributed by atoms with E-state index in [4.69, 9.17) is 28.2 Å². The Hall–Kier alpha value is -2.90. The van der Waals surface area contributed by atoms with Gasteiger partial charge >= 0.3 is 0 Å². The van der Waals surface area contributed by atoms with Gasteiger partial charge in [0.05, 0.1) is 29.4 Å². The van der Waals surface area contributed by atoms with Crippen LogP contribution in [-0.2, 0) is 13.6 Å². The van der Waals surface area contributed by atoms with Crippen molar-refractivity contribution in [1.29, 1.82) is 0 Å². The van der Waals surface area contributed by atoms with E-state index in [1.165, 1.54) is 0 Å². The third-order valence-electron chi connectivity index (χ3n) is 5.52. The Kier molecular flexibility index (Phi) is 4.95. The largest absolute Gasteiger partial charge is 0.307 e. The number of aryl methyl sites for hydroxylation is 2. The first kappa shape index (κ1) is 20.0. The summed E-state index contributed by atoms with van der Waals surface area (Å²) >= 11 is 12.3. The lowest BCUT2D eigenvalue weighted by atomic mass is 10.1. The van der Waals surface area contributed by atoms with E-state index < -0.39 is 0 Å². The number of halogens is 2. The molecule has 1 amide bonds. The molecule has 1 fully saturated rings. The number of nitrogens with zero attached hydrogens (tertiary/aromatic N) is 5. The topological polar surface area (TPSA) is 77.6 Å². The van der Waals surface area contributed by atoms with Crippen LogP contribution in [0.25, 0.3) is 11.0 Å². The molecule has 0 unspecified atom stereocenters. The minimum atomic E-state index is -0.214. The Morgan fingerprint density at radius 3 is 2.77 bits per heavy atom. The maximum atomic E-state index is 13.3. The van der Waals surface area contributed by atoms with E-state index in [2.05, 4.69) is 15.5 Å². The maximum absolute atomic E-state index is 13.3. The van der Waals surface area contributed by atoms with Gasteiger partial charge in [-0.2, -0.15) is 10.2 Å². The van der Waals surface area contributed by atoms with Gasteiger partial charge in [0.15, 0.2) is 5.65 Å². The molecule has 0 bridgehead atoms. The van der Waals surface area contributed by atoms with E-state index >= 15 is 0 Å². The van der Waals surface area contributed by atoms with Gasteiger partial charge in [0.2, 0.25) is 0 Å². The van der Waals surface area contributed by atoms with Crippen molar-refractivity contribution >= 4 is 46.0 Å². The zero-order valence-corrected chi connectivity index (χ0v) is 18.6. The molecule has 0 aliphatic heterocycles. The highest BCUT2D eigenvalue weighted by molar-refractivity contribution is 6.35. The summed E-state index contributed by atoms with van der Waals surface area (Å²) in [6.45, 7) is 2.30. The van der Waals surface area contributed by atoms with Crippen molar-refractivity contribution in [1.82, 2.24) is 24.5 Å². The van der Waals surface area contributed by atoms with Crippen molar-refractivity contribution in [3.63, 3.8) is 0 Å². The fraction of sp³-hybridized carbons (Fsp3) is 0.273. The number of carbonyl (C=O) groups excluding carboxylic acids is 1. The predicted octanol–water partition coefficient (Wildman–Crippen LogP) is 4.96. The average molecular weight is 455 g/mol. The summed E-state index contributed by atoms with van der Waals surface area (Å²) in [4.78, 5) is 18.1. The van der Waals surface area contributed by atoms with Gasteiger partial charge in [-0.1, -0.05) is 29.3 Å². The van der Waals surface area contributed by atoms with Crippen LogP contribution in [0.1, 0.15) is 46.1 Å². The molecule has 0 radical (unpaired) electrons. The first-order valence-electron chi connectivity index (χ1n) is 10.0. The van der Waals surface area contributed by atoms with Crippen molar-refractivity contribution in [2.45, 2.75) is 32.2 Å². The molecule has 5 rings (SSSR count). The normalized spacial score (nSPS) is 13.7. The van der Waals surface area contributed by atoms with E-state index in [0.717, 1.165) is 40.8 Å². The van der Waals surface area contributed by atoms with E-state index in [1.807, 2.05) is 26.1 Å². The highest BCUT2D eigenvalue weighted by Gasteiger charge is 2.28. The van der Waals surface area contributed by atoms with Gasteiger partial charge in [0, 0.05) is 34.8 Å². The van der Waals surface area contributed by atoms with Gasteiger partial charge in [0.25, 0.3) is 5.91 Å². The van der Waals surface area contributed by atoms with Crippen molar-refractivity contribution in [2.24, 2.45) is 7.05 Å². The van der Waals surface area contributed by atoms with E-state index in [0.29, 0.717) is 33.9 Å². The summed E-state index contributed by atoms with van der Waals surface area (Å²) in [5, 5.41) is 13.7. The van der Waals surface area contributed by atoms with Crippen molar-refractivity contribution in [2.75, 3.05) is 5.32 Å². The number of anilines is 1. The van der Waals surface area contributed by atoms with Crippen LogP contribution in [0.2, 0.25) is 10.0 Å². The number of amides is 1. The number of nitrogens with one attached hydrogen (secondary N) is 1. The molecule has 3 heterocycles. The van der Waals surface area contributed by atoms with Crippen molar-refractivity contribution in [3.8, 4) is 0 Å².